The largest absolute Gasteiger partial charge is 0.379 e. The molecule has 0 atom stereocenters. The van der Waals surface area contributed by atoms with Gasteiger partial charge in [0.25, 0.3) is 0 Å². The van der Waals surface area contributed by atoms with E-state index in [0.717, 1.165) is 51.5 Å². The van der Waals surface area contributed by atoms with Crippen LogP contribution in [-0.4, -0.2) is 50.3 Å². The van der Waals surface area contributed by atoms with Crippen LogP contribution in [0, 0.1) is 5.41 Å². The van der Waals surface area contributed by atoms with E-state index in [-0.39, 0.29) is 5.41 Å². The van der Waals surface area contributed by atoms with Crippen LogP contribution in [0.3, 0.4) is 0 Å². The lowest BCUT2D eigenvalue weighted by atomic mass is 9.73. The van der Waals surface area contributed by atoms with Crippen molar-refractivity contribution < 1.29 is 4.74 Å². The van der Waals surface area contributed by atoms with Crippen molar-refractivity contribution in [1.29, 1.82) is 0 Å². The number of aryl methyl sites for hydroxylation is 1. The van der Waals surface area contributed by atoms with Gasteiger partial charge in [0, 0.05) is 37.3 Å². The second kappa shape index (κ2) is 9.38. The highest BCUT2D eigenvalue weighted by Crippen LogP contribution is 2.37. The van der Waals surface area contributed by atoms with Gasteiger partial charge >= 0.3 is 0 Å². The van der Waals surface area contributed by atoms with Crippen molar-refractivity contribution in [3.63, 3.8) is 0 Å². The lowest BCUT2D eigenvalue weighted by Gasteiger charge is -2.41. The summed E-state index contributed by atoms with van der Waals surface area (Å²) in [6, 6.07) is 8.39. The fourth-order valence-corrected chi connectivity index (χ4v) is 4.21. The first-order valence-corrected chi connectivity index (χ1v) is 10.2. The molecule has 0 aromatic heterocycles. The molecule has 0 spiro atoms. The van der Waals surface area contributed by atoms with Gasteiger partial charge in [0.05, 0.1) is 13.2 Å². The summed E-state index contributed by atoms with van der Waals surface area (Å²) in [7, 11) is 0. The zero-order valence-corrected chi connectivity index (χ0v) is 16.2. The quantitative estimate of drug-likeness (QED) is 0.605. The first-order chi connectivity index (χ1) is 12.7. The highest BCUT2D eigenvalue weighted by atomic mass is 16.5. The molecule has 3 N–H and O–H groups in total. The van der Waals surface area contributed by atoms with Crippen molar-refractivity contribution in [2.24, 2.45) is 16.1 Å². The summed E-state index contributed by atoms with van der Waals surface area (Å²) in [6.07, 6.45) is 7.51. The van der Waals surface area contributed by atoms with Gasteiger partial charge in [0.15, 0.2) is 5.96 Å². The van der Waals surface area contributed by atoms with Crippen LogP contribution in [0.2, 0.25) is 0 Å². The molecule has 1 aliphatic heterocycles. The molecule has 0 bridgehead atoms. The fraction of sp³-hybridized carbons (Fsp3) is 0.667. The molecule has 1 saturated carbocycles. The fourth-order valence-electron chi connectivity index (χ4n) is 4.21. The second-order valence-corrected chi connectivity index (χ2v) is 7.83. The summed E-state index contributed by atoms with van der Waals surface area (Å²) in [4.78, 5) is 7.32. The number of nitrogens with two attached hydrogens (primary N) is 1. The average molecular weight is 359 g/mol. The van der Waals surface area contributed by atoms with Crippen LogP contribution in [0.4, 0.5) is 5.69 Å². The number of hydrogen-bond acceptors (Lipinski definition) is 3. The molecule has 2 fully saturated rings. The van der Waals surface area contributed by atoms with Crippen LogP contribution in [-0.2, 0) is 11.2 Å². The lowest BCUT2D eigenvalue weighted by molar-refractivity contribution is 0.00940. The van der Waals surface area contributed by atoms with E-state index >= 15 is 0 Å². The van der Waals surface area contributed by atoms with Gasteiger partial charge in [-0.2, -0.15) is 0 Å². The summed E-state index contributed by atoms with van der Waals surface area (Å²) < 4.78 is 5.51. The predicted octanol–water partition coefficient (Wildman–Crippen LogP) is 3.26. The normalized spacial score (nSPS) is 21.5. The van der Waals surface area contributed by atoms with Crippen LogP contribution in [0.5, 0.6) is 0 Å². The average Bonchev–Trinajstić information content (AvgIpc) is 2.68. The molecule has 0 amide bonds. The van der Waals surface area contributed by atoms with E-state index in [0.29, 0.717) is 5.96 Å². The van der Waals surface area contributed by atoms with E-state index in [1.54, 1.807) is 0 Å². The maximum atomic E-state index is 6.21. The Balaban J connectivity index is 1.62. The van der Waals surface area contributed by atoms with E-state index in [4.69, 9.17) is 15.5 Å². The Bertz CT molecular complexity index is 589. The highest BCUT2D eigenvalue weighted by Gasteiger charge is 2.34. The molecule has 1 aromatic rings. The van der Waals surface area contributed by atoms with Gasteiger partial charge < -0.3 is 15.8 Å². The number of anilines is 1. The molecule has 3 rings (SSSR count). The second-order valence-electron chi connectivity index (χ2n) is 7.83. The Labute approximate surface area is 158 Å². The molecule has 0 unspecified atom stereocenters. The lowest BCUT2D eigenvalue weighted by Crippen LogP contribution is -2.46. The van der Waals surface area contributed by atoms with Gasteiger partial charge in [0.1, 0.15) is 0 Å². The number of benzene rings is 1. The van der Waals surface area contributed by atoms with E-state index in [9.17, 15) is 0 Å². The molecular formula is C21H34N4O. The third-order valence-electron chi connectivity index (χ3n) is 5.77. The van der Waals surface area contributed by atoms with E-state index in [2.05, 4.69) is 35.3 Å². The Morgan fingerprint density at radius 2 is 2.00 bits per heavy atom. The third-order valence-corrected chi connectivity index (χ3v) is 5.77. The molecule has 0 radical (unpaired) electrons. The zero-order valence-electron chi connectivity index (χ0n) is 16.2. The number of aliphatic imine (C=N–C) groups is 1. The molecule has 5 heteroatoms. The molecule has 2 aliphatic rings. The topological polar surface area (TPSA) is 62.9 Å². The molecular weight excluding hydrogens is 324 g/mol. The monoisotopic (exact) mass is 358 g/mol. The smallest absolute Gasteiger partial charge is 0.193 e. The first-order valence-electron chi connectivity index (χ1n) is 10.2. The summed E-state index contributed by atoms with van der Waals surface area (Å²) >= 11 is 0. The van der Waals surface area contributed by atoms with Crippen molar-refractivity contribution in [2.45, 2.75) is 45.4 Å². The maximum absolute atomic E-state index is 6.21. The molecule has 5 nitrogen and oxygen atoms in total. The predicted molar refractivity (Wildman–Crippen MR) is 109 cm³/mol. The van der Waals surface area contributed by atoms with Gasteiger partial charge in [-0.25, -0.2) is 0 Å². The van der Waals surface area contributed by atoms with Crippen LogP contribution in [0.1, 0.15) is 44.6 Å². The Hall–Kier alpha value is -1.59. The Morgan fingerprint density at radius 3 is 2.73 bits per heavy atom. The number of nitrogens with zero attached hydrogens (tertiary/aromatic N) is 2. The summed E-state index contributed by atoms with van der Waals surface area (Å²) in [5.74, 6) is 0.533. The van der Waals surface area contributed by atoms with Gasteiger partial charge in [-0.05, 0) is 37.0 Å². The number of hydrogen-bond donors (Lipinski definition) is 2. The Morgan fingerprint density at radius 1 is 1.23 bits per heavy atom. The number of guanidine groups is 1. The Kier molecular flexibility index (Phi) is 6.92. The summed E-state index contributed by atoms with van der Waals surface area (Å²) in [5.41, 5.74) is 8.81. The van der Waals surface area contributed by atoms with Crippen molar-refractivity contribution in [3.05, 3.63) is 29.8 Å². The zero-order chi connectivity index (χ0) is 18.2. The third kappa shape index (κ3) is 5.45. The molecule has 1 aromatic carbocycles. The van der Waals surface area contributed by atoms with Gasteiger partial charge in [-0.15, -0.1) is 0 Å². The minimum Gasteiger partial charge on any atom is -0.379 e. The van der Waals surface area contributed by atoms with Gasteiger partial charge in [0.2, 0.25) is 0 Å². The summed E-state index contributed by atoms with van der Waals surface area (Å²) in [6.45, 7) is 7.91. The number of ether oxygens (including phenoxy) is 1. The standard InChI is InChI=1S/C21H34N4O/c1-2-18-7-6-8-19(15-18)24-20(22)23-16-21(9-4-3-5-10-21)17-25-11-13-26-14-12-25/h6-8,15H,2-5,9-14,16-17H2,1H3,(H3,22,23,24). The first kappa shape index (κ1) is 19.2. The summed E-state index contributed by atoms with van der Waals surface area (Å²) in [5, 5.41) is 3.27. The van der Waals surface area contributed by atoms with Gasteiger partial charge in [-0.3, -0.25) is 9.89 Å². The minimum absolute atomic E-state index is 0.271. The van der Waals surface area contributed by atoms with E-state index in [1.165, 1.54) is 37.7 Å². The minimum atomic E-state index is 0.271. The molecule has 1 heterocycles. The molecule has 26 heavy (non-hydrogen) atoms. The van der Waals surface area contributed by atoms with Crippen molar-refractivity contribution >= 4 is 11.6 Å². The maximum Gasteiger partial charge on any atom is 0.193 e. The van der Waals surface area contributed by atoms with Crippen LogP contribution >= 0.6 is 0 Å². The van der Waals surface area contributed by atoms with Crippen molar-refractivity contribution in [2.75, 3.05) is 44.7 Å². The van der Waals surface area contributed by atoms with Gasteiger partial charge in [-0.1, -0.05) is 38.3 Å². The van der Waals surface area contributed by atoms with E-state index in [1.807, 2.05) is 6.07 Å². The van der Waals surface area contributed by atoms with Crippen LogP contribution in [0.15, 0.2) is 29.3 Å². The highest BCUT2D eigenvalue weighted by molar-refractivity contribution is 5.92. The molecule has 1 aliphatic carbocycles. The molecule has 144 valence electrons. The van der Waals surface area contributed by atoms with E-state index < -0.39 is 0 Å². The van der Waals surface area contributed by atoms with Crippen LogP contribution < -0.4 is 11.1 Å². The number of nitrogens with one attached hydrogen (secondary N) is 1. The van der Waals surface area contributed by atoms with Crippen molar-refractivity contribution in [1.82, 2.24) is 4.90 Å². The number of morpholine rings is 1. The van der Waals surface area contributed by atoms with Crippen LogP contribution in [0.25, 0.3) is 0 Å². The number of rotatable bonds is 6. The molecule has 1 saturated heterocycles. The van der Waals surface area contributed by atoms with Crippen molar-refractivity contribution in [3.8, 4) is 0 Å². The SMILES string of the molecule is CCc1cccc(NC(N)=NCC2(CN3CCOCC3)CCCCC2)c1.